The molecule has 1 aliphatic rings. The number of amides is 2. The summed E-state index contributed by atoms with van der Waals surface area (Å²) in [4.78, 5) is 26.6. The quantitative estimate of drug-likeness (QED) is 0.552. The van der Waals surface area contributed by atoms with Crippen LogP contribution >= 0.6 is 35.0 Å². The predicted octanol–water partition coefficient (Wildman–Crippen LogP) is 5.61. The zero-order chi connectivity index (χ0) is 20.4. The van der Waals surface area contributed by atoms with Crippen LogP contribution in [0.5, 0.6) is 0 Å². The van der Waals surface area contributed by atoms with Gasteiger partial charge in [0.25, 0.3) is 5.91 Å². The lowest BCUT2D eigenvalue weighted by Crippen LogP contribution is -2.27. The molecule has 2 aromatic carbocycles. The van der Waals surface area contributed by atoms with E-state index in [9.17, 15) is 9.59 Å². The highest BCUT2D eigenvalue weighted by Gasteiger charge is 2.33. The lowest BCUT2D eigenvalue weighted by Gasteiger charge is -2.23. The summed E-state index contributed by atoms with van der Waals surface area (Å²) >= 11 is 13.6. The first-order valence-electron chi connectivity index (χ1n) is 8.81. The SMILES string of the molecule is O=C(Nc1cc(Cl)ccc1Cl)c1ccc(C2SCC(=O)N2Cc2ccco2)cc1. The van der Waals surface area contributed by atoms with Gasteiger partial charge in [-0.2, -0.15) is 0 Å². The van der Waals surface area contributed by atoms with Gasteiger partial charge in [-0.25, -0.2) is 0 Å². The minimum atomic E-state index is -0.289. The molecule has 1 saturated heterocycles. The van der Waals surface area contributed by atoms with E-state index in [2.05, 4.69) is 5.32 Å². The molecule has 0 saturated carbocycles. The highest BCUT2D eigenvalue weighted by Crippen LogP contribution is 2.39. The first-order chi connectivity index (χ1) is 14.0. The van der Waals surface area contributed by atoms with Crippen LogP contribution in [0, 0.1) is 0 Å². The van der Waals surface area contributed by atoms with Crippen LogP contribution in [0.1, 0.15) is 27.1 Å². The molecule has 0 aliphatic carbocycles. The Hall–Kier alpha value is -2.41. The molecule has 0 bridgehead atoms. The second-order valence-electron chi connectivity index (χ2n) is 6.46. The zero-order valence-electron chi connectivity index (χ0n) is 15.1. The summed E-state index contributed by atoms with van der Waals surface area (Å²) in [7, 11) is 0. The average molecular weight is 447 g/mol. The van der Waals surface area contributed by atoms with Crippen LogP contribution in [0.15, 0.2) is 65.3 Å². The molecule has 1 aliphatic heterocycles. The van der Waals surface area contributed by atoms with E-state index in [0.29, 0.717) is 33.6 Å². The summed E-state index contributed by atoms with van der Waals surface area (Å²) in [6, 6.07) is 15.7. The van der Waals surface area contributed by atoms with Gasteiger partial charge in [0.2, 0.25) is 5.91 Å². The molecule has 8 heteroatoms. The van der Waals surface area contributed by atoms with Crippen LogP contribution < -0.4 is 5.32 Å². The van der Waals surface area contributed by atoms with Crippen molar-refractivity contribution >= 4 is 52.5 Å². The number of hydrogen-bond donors (Lipinski definition) is 1. The predicted molar refractivity (Wildman–Crippen MR) is 115 cm³/mol. The minimum Gasteiger partial charge on any atom is -0.467 e. The normalized spacial score (nSPS) is 16.3. The fourth-order valence-corrected chi connectivity index (χ4v) is 4.58. The second-order valence-corrected chi connectivity index (χ2v) is 8.38. The molecule has 2 amide bonds. The van der Waals surface area contributed by atoms with Gasteiger partial charge >= 0.3 is 0 Å². The summed E-state index contributed by atoms with van der Waals surface area (Å²) in [5.41, 5.74) is 1.89. The Labute approximate surface area is 182 Å². The maximum absolute atomic E-state index is 12.5. The van der Waals surface area contributed by atoms with Crippen LogP contribution in [-0.2, 0) is 11.3 Å². The number of benzene rings is 2. The molecule has 29 heavy (non-hydrogen) atoms. The fraction of sp³-hybridized carbons (Fsp3) is 0.143. The number of thioether (sulfide) groups is 1. The van der Waals surface area contributed by atoms with E-state index in [0.717, 1.165) is 11.3 Å². The molecule has 1 aromatic heterocycles. The first-order valence-corrected chi connectivity index (χ1v) is 10.6. The number of carbonyl (C=O) groups excluding carboxylic acids is 2. The number of nitrogens with zero attached hydrogens (tertiary/aromatic N) is 1. The van der Waals surface area contributed by atoms with Gasteiger partial charge in [0.05, 0.1) is 29.3 Å². The van der Waals surface area contributed by atoms with E-state index in [1.54, 1.807) is 59.3 Å². The number of carbonyl (C=O) groups is 2. The van der Waals surface area contributed by atoms with Crippen LogP contribution in [0.2, 0.25) is 10.0 Å². The van der Waals surface area contributed by atoms with E-state index >= 15 is 0 Å². The molecule has 5 nitrogen and oxygen atoms in total. The highest BCUT2D eigenvalue weighted by molar-refractivity contribution is 8.00. The van der Waals surface area contributed by atoms with Crippen LogP contribution in [0.25, 0.3) is 0 Å². The van der Waals surface area contributed by atoms with Crippen LogP contribution in [0.3, 0.4) is 0 Å². The van der Waals surface area contributed by atoms with E-state index in [1.165, 1.54) is 0 Å². The topological polar surface area (TPSA) is 62.6 Å². The van der Waals surface area contributed by atoms with Crippen molar-refractivity contribution in [2.24, 2.45) is 0 Å². The minimum absolute atomic E-state index is 0.0637. The van der Waals surface area contributed by atoms with Crippen LogP contribution in [0.4, 0.5) is 5.69 Å². The molecule has 1 unspecified atom stereocenters. The third-order valence-electron chi connectivity index (χ3n) is 4.51. The molecule has 1 atom stereocenters. The third kappa shape index (κ3) is 4.45. The molecule has 2 heterocycles. The van der Waals surface area contributed by atoms with Gasteiger partial charge in [0.15, 0.2) is 0 Å². The summed E-state index contributed by atoms with van der Waals surface area (Å²) in [6.07, 6.45) is 1.59. The molecule has 0 spiro atoms. The van der Waals surface area contributed by atoms with Crippen molar-refractivity contribution in [3.63, 3.8) is 0 Å². The molecule has 3 aromatic rings. The second kappa shape index (κ2) is 8.53. The maximum atomic E-state index is 12.5. The molecule has 0 radical (unpaired) electrons. The molecule has 4 rings (SSSR count). The molecular formula is C21H16Cl2N2O3S. The van der Waals surface area contributed by atoms with Crippen molar-refractivity contribution < 1.29 is 14.0 Å². The van der Waals surface area contributed by atoms with Gasteiger partial charge in [-0.05, 0) is 48.0 Å². The van der Waals surface area contributed by atoms with E-state index in [-0.39, 0.29) is 17.2 Å². The third-order valence-corrected chi connectivity index (χ3v) is 6.33. The van der Waals surface area contributed by atoms with Gasteiger partial charge in [0.1, 0.15) is 11.1 Å². The Kier molecular flexibility index (Phi) is 5.85. The molecular weight excluding hydrogens is 431 g/mol. The van der Waals surface area contributed by atoms with Crippen molar-refractivity contribution in [1.82, 2.24) is 4.90 Å². The molecule has 148 valence electrons. The molecule has 1 N–H and O–H groups in total. The fourth-order valence-electron chi connectivity index (χ4n) is 3.06. The summed E-state index contributed by atoms with van der Waals surface area (Å²) in [6.45, 7) is 0.416. The smallest absolute Gasteiger partial charge is 0.255 e. The van der Waals surface area contributed by atoms with Gasteiger partial charge in [0, 0.05) is 10.6 Å². The van der Waals surface area contributed by atoms with Gasteiger partial charge < -0.3 is 14.6 Å². The van der Waals surface area contributed by atoms with Crippen molar-refractivity contribution in [1.29, 1.82) is 0 Å². The first kappa shape index (κ1) is 19.9. The summed E-state index contributed by atoms with van der Waals surface area (Å²) in [5, 5.41) is 3.54. The summed E-state index contributed by atoms with van der Waals surface area (Å²) < 4.78 is 5.38. The van der Waals surface area contributed by atoms with Gasteiger partial charge in [-0.3, -0.25) is 9.59 Å². The lowest BCUT2D eigenvalue weighted by atomic mass is 10.1. The van der Waals surface area contributed by atoms with Crippen molar-refractivity contribution in [2.45, 2.75) is 11.9 Å². The monoisotopic (exact) mass is 446 g/mol. The Bertz CT molecular complexity index is 1040. The number of furan rings is 1. The lowest BCUT2D eigenvalue weighted by molar-refractivity contribution is -0.128. The van der Waals surface area contributed by atoms with E-state index in [4.69, 9.17) is 27.6 Å². The Morgan fingerprint density at radius 3 is 2.69 bits per heavy atom. The Morgan fingerprint density at radius 1 is 1.17 bits per heavy atom. The van der Waals surface area contributed by atoms with Crippen molar-refractivity contribution in [3.05, 3.63) is 87.8 Å². The van der Waals surface area contributed by atoms with Crippen molar-refractivity contribution in [3.8, 4) is 0 Å². The van der Waals surface area contributed by atoms with Crippen molar-refractivity contribution in [2.75, 3.05) is 11.1 Å². The number of rotatable bonds is 5. The maximum Gasteiger partial charge on any atom is 0.255 e. The summed E-state index contributed by atoms with van der Waals surface area (Å²) in [5.74, 6) is 0.929. The zero-order valence-corrected chi connectivity index (χ0v) is 17.4. The van der Waals surface area contributed by atoms with Gasteiger partial charge in [-0.15, -0.1) is 11.8 Å². The number of nitrogens with one attached hydrogen (secondary N) is 1. The standard InChI is InChI=1S/C21H16Cl2N2O3S/c22-15-7-8-17(23)18(10-15)24-20(27)13-3-5-14(6-4-13)21-25(19(26)12-29-21)11-16-2-1-9-28-16/h1-10,21H,11-12H2,(H,24,27). The van der Waals surface area contributed by atoms with Gasteiger partial charge in [-0.1, -0.05) is 35.3 Å². The average Bonchev–Trinajstić information content (AvgIpc) is 3.36. The van der Waals surface area contributed by atoms with E-state index < -0.39 is 0 Å². The Balaban J connectivity index is 1.49. The highest BCUT2D eigenvalue weighted by atomic mass is 35.5. The largest absolute Gasteiger partial charge is 0.467 e. The number of halogens is 2. The number of anilines is 1. The Morgan fingerprint density at radius 2 is 1.97 bits per heavy atom. The van der Waals surface area contributed by atoms with E-state index in [1.807, 2.05) is 18.2 Å². The molecule has 1 fully saturated rings. The number of hydrogen-bond acceptors (Lipinski definition) is 4. The van der Waals surface area contributed by atoms with Crippen LogP contribution in [-0.4, -0.2) is 22.5 Å².